The third kappa shape index (κ3) is 5.83. The fourth-order valence-electron chi connectivity index (χ4n) is 6.28. The molecule has 2 aliphatic carbocycles. The molecule has 3 fully saturated rings. The van der Waals surface area contributed by atoms with Gasteiger partial charge in [-0.3, -0.25) is 4.79 Å². The molecule has 42 heavy (non-hydrogen) atoms. The molecular weight excluding hydrogens is 588 g/mol. The molecule has 0 N–H and O–H groups in total. The molecule has 1 aliphatic heterocycles. The predicted octanol–water partition coefficient (Wildman–Crippen LogP) is 6.77. The van der Waals surface area contributed by atoms with Crippen LogP contribution in [0, 0.1) is 34.0 Å². The van der Waals surface area contributed by atoms with Gasteiger partial charge < -0.3 is 4.90 Å². The molecule has 2 atom stereocenters. The molecule has 3 aromatic rings. The van der Waals surface area contributed by atoms with Gasteiger partial charge in [0.05, 0.1) is 45.2 Å². The summed E-state index contributed by atoms with van der Waals surface area (Å²) in [6.45, 7) is 0.947. The number of benzene rings is 2. The van der Waals surface area contributed by atoms with Crippen LogP contribution >= 0.6 is 22.9 Å². The summed E-state index contributed by atoms with van der Waals surface area (Å²) in [4.78, 5) is 21.9. The van der Waals surface area contributed by atoms with Gasteiger partial charge in [0.2, 0.25) is 0 Å². The molecule has 7 nitrogen and oxygen atoms in total. The molecule has 2 heterocycles. The van der Waals surface area contributed by atoms with E-state index in [9.17, 15) is 23.7 Å². The van der Waals surface area contributed by atoms with Gasteiger partial charge in [-0.2, -0.15) is 10.5 Å². The Hall–Kier alpha value is -3.24. The topological polar surface area (TPSA) is 115 Å². The van der Waals surface area contributed by atoms with Crippen LogP contribution in [-0.2, 0) is 14.6 Å². The summed E-state index contributed by atoms with van der Waals surface area (Å²) in [5.41, 5.74) is 3.51. The first-order valence-corrected chi connectivity index (χ1v) is 17.4. The number of hydrogen-bond acceptors (Lipinski definition) is 8. The normalized spacial score (nSPS) is 22.6. The van der Waals surface area contributed by atoms with E-state index >= 15 is 0 Å². The van der Waals surface area contributed by atoms with Gasteiger partial charge in [-0.05, 0) is 61.6 Å². The van der Waals surface area contributed by atoms with Gasteiger partial charge >= 0.3 is 0 Å². The van der Waals surface area contributed by atoms with Crippen molar-refractivity contribution >= 4 is 44.2 Å². The number of rotatable bonds is 7. The van der Waals surface area contributed by atoms with Crippen LogP contribution < -0.4 is 4.90 Å². The van der Waals surface area contributed by atoms with Gasteiger partial charge in [-0.25, -0.2) is 13.4 Å². The van der Waals surface area contributed by atoms with E-state index in [2.05, 4.69) is 17.0 Å². The van der Waals surface area contributed by atoms with Crippen molar-refractivity contribution in [3.05, 3.63) is 58.7 Å². The van der Waals surface area contributed by atoms with Crippen molar-refractivity contribution in [3.63, 3.8) is 0 Å². The summed E-state index contributed by atoms with van der Waals surface area (Å²) in [5, 5.41) is 20.7. The molecule has 0 spiro atoms. The van der Waals surface area contributed by atoms with E-state index in [1.807, 2.05) is 30.3 Å². The molecule has 10 heteroatoms. The second-order valence-electron chi connectivity index (χ2n) is 11.8. The van der Waals surface area contributed by atoms with Crippen molar-refractivity contribution in [2.45, 2.75) is 50.9 Å². The van der Waals surface area contributed by atoms with Gasteiger partial charge in [-0.15, -0.1) is 11.3 Å². The van der Waals surface area contributed by atoms with Crippen LogP contribution in [0.25, 0.3) is 21.0 Å². The van der Waals surface area contributed by atoms with Crippen LogP contribution in [0.5, 0.6) is 0 Å². The van der Waals surface area contributed by atoms with Gasteiger partial charge in [0.25, 0.3) is 0 Å². The summed E-state index contributed by atoms with van der Waals surface area (Å²) in [5.74, 6) is 0.227. The number of thiazole rings is 1. The molecule has 3 aliphatic rings. The maximum atomic E-state index is 13.6. The molecule has 0 bridgehead atoms. The molecule has 0 amide bonds. The van der Waals surface area contributed by atoms with E-state index in [0.29, 0.717) is 40.7 Å². The molecule has 216 valence electrons. The van der Waals surface area contributed by atoms with Crippen LogP contribution in [0.4, 0.5) is 5.69 Å². The van der Waals surface area contributed by atoms with Crippen molar-refractivity contribution < 1.29 is 13.2 Å². The Morgan fingerprint density at radius 3 is 2.45 bits per heavy atom. The standard InChI is InChI=1S/C32H31ClN4O3S2/c33-23-7-10-25(22(17-23)19-34)31-36-29(27-4-2-1-3-26(27)28(38)18-32(20-35)11-12-32)30(41-31)21-5-8-24(9-6-21)37-13-15-42(39,40)16-14-37/h5-10,17,26-27H,1-4,11-16,18H2/t26-,27-/m1/s1. The third-order valence-corrected chi connectivity index (χ3v) is 12.0. The van der Waals surface area contributed by atoms with Crippen molar-refractivity contribution in [1.82, 2.24) is 4.98 Å². The Morgan fingerprint density at radius 1 is 1.07 bits per heavy atom. The minimum absolute atomic E-state index is 0.0643. The first-order chi connectivity index (χ1) is 20.2. The lowest BCUT2D eigenvalue weighted by Gasteiger charge is -2.31. The van der Waals surface area contributed by atoms with Crippen molar-refractivity contribution in [3.8, 4) is 33.2 Å². The second-order valence-corrected chi connectivity index (χ2v) is 15.5. The van der Waals surface area contributed by atoms with Crippen molar-refractivity contribution in [1.29, 1.82) is 10.5 Å². The highest BCUT2D eigenvalue weighted by Gasteiger charge is 2.47. The zero-order valence-corrected chi connectivity index (χ0v) is 25.6. The molecule has 2 saturated carbocycles. The van der Waals surface area contributed by atoms with E-state index in [1.54, 1.807) is 12.1 Å². The first-order valence-electron chi connectivity index (χ1n) is 14.4. The number of halogens is 1. The zero-order chi connectivity index (χ0) is 29.5. The molecule has 0 radical (unpaired) electrons. The van der Waals surface area contributed by atoms with E-state index in [-0.39, 0.29) is 29.1 Å². The highest BCUT2D eigenvalue weighted by Crippen LogP contribution is 2.52. The lowest BCUT2D eigenvalue weighted by Crippen LogP contribution is -2.40. The molecule has 1 saturated heterocycles. The first kappa shape index (κ1) is 28.9. The average molecular weight is 619 g/mol. The number of anilines is 1. The summed E-state index contributed by atoms with van der Waals surface area (Å²) < 4.78 is 23.8. The smallest absolute Gasteiger partial charge is 0.153 e. The van der Waals surface area contributed by atoms with Gasteiger partial charge in [0.15, 0.2) is 9.84 Å². The number of nitrogens with zero attached hydrogens (tertiary/aromatic N) is 4. The van der Waals surface area contributed by atoms with Crippen LogP contribution in [0.1, 0.15) is 62.1 Å². The molecule has 0 unspecified atom stereocenters. The Kier molecular flexibility index (Phi) is 7.87. The minimum Gasteiger partial charge on any atom is -0.369 e. The molecule has 1 aromatic heterocycles. The van der Waals surface area contributed by atoms with Crippen LogP contribution in [0.2, 0.25) is 5.02 Å². The monoisotopic (exact) mass is 618 g/mol. The Balaban J connectivity index is 1.38. The highest BCUT2D eigenvalue weighted by atomic mass is 35.5. The Morgan fingerprint density at radius 2 is 1.79 bits per heavy atom. The number of carbonyl (C=O) groups excluding carboxylic acids is 1. The van der Waals surface area contributed by atoms with Gasteiger partial charge in [0, 0.05) is 47.6 Å². The highest BCUT2D eigenvalue weighted by molar-refractivity contribution is 7.91. The second kappa shape index (κ2) is 11.4. The number of aromatic nitrogens is 1. The van der Waals surface area contributed by atoms with Gasteiger partial charge in [0.1, 0.15) is 10.8 Å². The van der Waals surface area contributed by atoms with Crippen molar-refractivity contribution in [2.75, 3.05) is 29.5 Å². The SMILES string of the molecule is N#Cc1cc(Cl)ccc1-c1nc([C@@H]2CCCC[C@H]2C(=O)CC2(C#N)CC2)c(-c2ccc(N3CCS(=O)(=O)CC3)cc2)s1. The maximum absolute atomic E-state index is 13.6. The van der Waals surface area contributed by atoms with Crippen LogP contribution in [-0.4, -0.2) is 43.8 Å². The predicted molar refractivity (Wildman–Crippen MR) is 165 cm³/mol. The molecule has 6 rings (SSSR count). The van der Waals surface area contributed by atoms with E-state index in [0.717, 1.165) is 60.3 Å². The fourth-order valence-corrected chi connectivity index (χ4v) is 8.84. The number of nitriles is 2. The summed E-state index contributed by atoms with van der Waals surface area (Å²) in [6, 6.07) is 18.0. The quantitative estimate of drug-likeness (QED) is 0.287. The Bertz CT molecular complexity index is 1700. The summed E-state index contributed by atoms with van der Waals surface area (Å²) in [6.07, 6.45) is 5.52. The summed E-state index contributed by atoms with van der Waals surface area (Å²) >= 11 is 7.71. The van der Waals surface area contributed by atoms with Crippen LogP contribution in [0.3, 0.4) is 0 Å². The van der Waals surface area contributed by atoms with E-state index < -0.39 is 15.3 Å². The number of carbonyl (C=O) groups is 1. The minimum atomic E-state index is -2.97. The van der Waals surface area contributed by atoms with Gasteiger partial charge in [-0.1, -0.05) is 36.6 Å². The van der Waals surface area contributed by atoms with E-state index in [4.69, 9.17) is 16.6 Å². The largest absolute Gasteiger partial charge is 0.369 e. The summed E-state index contributed by atoms with van der Waals surface area (Å²) in [7, 11) is -2.97. The molecule has 2 aromatic carbocycles. The Labute approximate surface area is 255 Å². The van der Waals surface area contributed by atoms with E-state index in [1.165, 1.54) is 11.3 Å². The lowest BCUT2D eigenvalue weighted by molar-refractivity contribution is -0.125. The number of sulfone groups is 1. The zero-order valence-electron chi connectivity index (χ0n) is 23.2. The number of Topliss-reactive ketones (excluding diaryl/α,β-unsaturated/α-hetero) is 1. The fraction of sp³-hybridized carbons (Fsp3) is 0.438. The number of ketones is 1. The lowest BCUT2D eigenvalue weighted by atomic mass is 9.73. The molecular formula is C32H31ClN4O3S2. The number of hydrogen-bond donors (Lipinski definition) is 0. The average Bonchev–Trinajstić information content (AvgIpc) is 3.64. The van der Waals surface area contributed by atoms with Crippen LogP contribution in [0.15, 0.2) is 42.5 Å². The maximum Gasteiger partial charge on any atom is 0.153 e. The van der Waals surface area contributed by atoms with Crippen molar-refractivity contribution in [2.24, 2.45) is 11.3 Å². The third-order valence-electron chi connectivity index (χ3n) is 8.96.